The van der Waals surface area contributed by atoms with Gasteiger partial charge in [0.15, 0.2) is 6.23 Å². The fourth-order valence-electron chi connectivity index (χ4n) is 4.22. The molecule has 0 spiro atoms. The Kier molecular flexibility index (Phi) is 6.78. The molecular formula is C19H26N5O7P. The second-order valence-corrected chi connectivity index (χ2v) is 9.75. The lowest BCUT2D eigenvalue weighted by Gasteiger charge is -2.23. The molecule has 2 aromatic rings. The summed E-state index contributed by atoms with van der Waals surface area (Å²) >= 11 is 0. The molecule has 0 unspecified atom stereocenters. The minimum atomic E-state index is -4.37. The Morgan fingerprint density at radius 3 is 2.69 bits per heavy atom. The van der Waals surface area contributed by atoms with Gasteiger partial charge in [0.1, 0.15) is 42.2 Å². The molecule has 2 aliphatic rings. The molecule has 1 saturated carbocycles. The van der Waals surface area contributed by atoms with Gasteiger partial charge in [-0.2, -0.15) is 5.26 Å². The van der Waals surface area contributed by atoms with Gasteiger partial charge in [0.2, 0.25) is 5.82 Å². The smallest absolute Gasteiger partial charge is 0.350 e. The zero-order valence-electron chi connectivity index (χ0n) is 17.2. The van der Waals surface area contributed by atoms with Crippen LogP contribution < -0.4 is 5.32 Å². The number of aromatic nitrogens is 3. The molecule has 13 heteroatoms. The summed E-state index contributed by atoms with van der Waals surface area (Å²) in [5.74, 6) is 0.497. The molecule has 4 atom stereocenters. The lowest BCUT2D eigenvalue weighted by atomic mass is 9.95. The third-order valence-electron chi connectivity index (χ3n) is 5.77. The zero-order chi connectivity index (χ0) is 22.9. The minimum absolute atomic E-state index is 0.0367. The molecule has 1 saturated heterocycles. The van der Waals surface area contributed by atoms with Crippen LogP contribution in [0.5, 0.6) is 0 Å². The third-order valence-corrected chi connectivity index (χ3v) is 6.29. The van der Waals surface area contributed by atoms with Crippen molar-refractivity contribution < 1.29 is 34.0 Å². The van der Waals surface area contributed by atoms with Gasteiger partial charge < -0.3 is 39.4 Å². The summed E-state index contributed by atoms with van der Waals surface area (Å²) in [6, 6.07) is 3.96. The van der Waals surface area contributed by atoms with E-state index in [9.17, 15) is 20.0 Å². The van der Waals surface area contributed by atoms with Crippen molar-refractivity contribution in [3.63, 3.8) is 0 Å². The molecule has 1 aliphatic carbocycles. The van der Waals surface area contributed by atoms with Crippen LogP contribution in [0.3, 0.4) is 0 Å². The average Bonchev–Trinajstić information content (AvgIpc) is 3.30. The number of aliphatic hydroxyl groups is 2. The van der Waals surface area contributed by atoms with Gasteiger partial charge in [-0.1, -0.05) is 19.3 Å². The molecule has 5 N–H and O–H groups in total. The van der Waals surface area contributed by atoms with Crippen molar-refractivity contribution in [2.45, 2.75) is 62.7 Å². The van der Waals surface area contributed by atoms with E-state index in [2.05, 4.69) is 15.3 Å². The molecule has 1 aliphatic heterocycles. The van der Waals surface area contributed by atoms with Gasteiger partial charge in [-0.05, 0) is 18.9 Å². The Morgan fingerprint density at radius 1 is 1.25 bits per heavy atom. The van der Waals surface area contributed by atoms with Crippen molar-refractivity contribution >= 4 is 24.4 Å². The van der Waals surface area contributed by atoms with Crippen LogP contribution in [0.4, 0.5) is 5.82 Å². The molecular weight excluding hydrogens is 441 g/mol. The third kappa shape index (κ3) is 4.94. The Balaban J connectivity index is 1.58. The molecule has 0 radical (unpaired) electrons. The van der Waals surface area contributed by atoms with E-state index in [1.807, 2.05) is 6.07 Å². The van der Waals surface area contributed by atoms with Gasteiger partial charge >= 0.3 is 7.60 Å². The van der Waals surface area contributed by atoms with Crippen molar-refractivity contribution in [3.05, 3.63) is 18.1 Å². The maximum Gasteiger partial charge on any atom is 0.350 e. The topological polar surface area (TPSA) is 183 Å². The summed E-state index contributed by atoms with van der Waals surface area (Å²) < 4.78 is 23.1. The first-order valence-electron chi connectivity index (χ1n) is 10.5. The number of hydrogen-bond donors (Lipinski definition) is 5. The number of rotatable bonds is 7. The van der Waals surface area contributed by atoms with E-state index in [-0.39, 0.29) is 18.5 Å². The maximum absolute atomic E-state index is 10.9. The van der Waals surface area contributed by atoms with E-state index in [0.717, 1.165) is 25.7 Å². The minimum Gasteiger partial charge on any atom is -0.387 e. The maximum atomic E-state index is 10.9. The van der Waals surface area contributed by atoms with Crippen LogP contribution in [0, 0.1) is 11.3 Å². The molecule has 174 valence electrons. The highest BCUT2D eigenvalue weighted by Crippen LogP contribution is 2.36. The second-order valence-electron chi connectivity index (χ2n) is 8.16. The highest BCUT2D eigenvalue weighted by atomic mass is 31.2. The summed E-state index contributed by atoms with van der Waals surface area (Å²) in [4.78, 5) is 26.4. The largest absolute Gasteiger partial charge is 0.387 e. The van der Waals surface area contributed by atoms with E-state index < -0.39 is 38.5 Å². The highest BCUT2D eigenvalue weighted by Gasteiger charge is 2.44. The van der Waals surface area contributed by atoms with Crippen LogP contribution in [0.15, 0.2) is 12.3 Å². The Hall–Kier alpha value is -2.10. The molecule has 0 aromatic carbocycles. The normalized spacial score (nSPS) is 27.0. The number of fused-ring (bicyclic) bond motifs is 1. The van der Waals surface area contributed by atoms with Crippen molar-refractivity contribution in [1.82, 2.24) is 14.5 Å². The quantitative estimate of drug-likeness (QED) is 0.363. The number of nitriles is 1. The predicted molar refractivity (Wildman–Crippen MR) is 112 cm³/mol. The van der Waals surface area contributed by atoms with Crippen LogP contribution in [0.25, 0.3) is 11.0 Å². The number of anilines is 1. The number of ether oxygens (including phenoxy) is 2. The van der Waals surface area contributed by atoms with Crippen LogP contribution in [-0.2, 0) is 14.0 Å². The number of nitrogens with zero attached hydrogens (tertiary/aromatic N) is 4. The molecule has 4 rings (SSSR count). The first-order chi connectivity index (χ1) is 15.3. The Bertz CT molecular complexity index is 1040. The van der Waals surface area contributed by atoms with Crippen molar-refractivity contribution in [2.24, 2.45) is 0 Å². The van der Waals surface area contributed by atoms with Crippen LogP contribution in [0.2, 0.25) is 0 Å². The van der Waals surface area contributed by atoms with Crippen molar-refractivity contribution in [3.8, 4) is 6.07 Å². The van der Waals surface area contributed by atoms with Gasteiger partial charge in [-0.15, -0.1) is 0 Å². The molecule has 0 amide bonds. The summed E-state index contributed by atoms with van der Waals surface area (Å²) in [7, 11) is -4.37. The summed E-state index contributed by atoms with van der Waals surface area (Å²) in [5.41, 5.74) is 0.364. The van der Waals surface area contributed by atoms with Gasteiger partial charge in [0, 0.05) is 12.2 Å². The van der Waals surface area contributed by atoms with E-state index in [1.165, 1.54) is 11.0 Å². The lowest BCUT2D eigenvalue weighted by molar-refractivity contribution is -0.0610. The molecule has 12 nitrogen and oxygen atoms in total. The Morgan fingerprint density at radius 2 is 2.00 bits per heavy atom. The van der Waals surface area contributed by atoms with Gasteiger partial charge in [0.25, 0.3) is 0 Å². The predicted octanol–water partition coefficient (Wildman–Crippen LogP) is 0.819. The number of aliphatic hydroxyl groups excluding tert-OH is 2. The SMILES string of the molecule is N#Cc1nc(NC2CCCCC2)c2ccn([C@@H]3O[C@H](COCP(=O)(O)O)[C@@H](O)[C@H]3O)c2n1. The fraction of sp³-hybridized carbons (Fsp3) is 0.632. The Labute approximate surface area is 184 Å². The van der Waals surface area contributed by atoms with Gasteiger partial charge in [-0.3, -0.25) is 4.57 Å². The second kappa shape index (κ2) is 9.41. The lowest BCUT2D eigenvalue weighted by Crippen LogP contribution is -2.33. The summed E-state index contributed by atoms with van der Waals surface area (Å²) in [5, 5.41) is 34.4. The average molecular weight is 467 g/mol. The fourth-order valence-corrected chi connectivity index (χ4v) is 4.57. The van der Waals surface area contributed by atoms with Crippen LogP contribution in [0.1, 0.15) is 44.2 Å². The number of hydrogen-bond acceptors (Lipinski definition) is 9. The summed E-state index contributed by atoms with van der Waals surface area (Å²) in [6.07, 6.45) is 1.58. The van der Waals surface area contributed by atoms with Crippen LogP contribution in [-0.4, -0.2) is 71.8 Å². The van der Waals surface area contributed by atoms with Gasteiger partial charge in [-0.25, -0.2) is 9.97 Å². The van der Waals surface area contributed by atoms with Gasteiger partial charge in [0.05, 0.1) is 12.0 Å². The van der Waals surface area contributed by atoms with E-state index in [0.29, 0.717) is 16.9 Å². The van der Waals surface area contributed by atoms with Crippen LogP contribution >= 0.6 is 7.60 Å². The first kappa shape index (κ1) is 23.1. The van der Waals surface area contributed by atoms with E-state index in [4.69, 9.17) is 19.3 Å². The standard InChI is InChI=1S/C19H26N5O7P/c20-8-14-22-17(21-11-4-2-1-3-5-11)12-6-7-24(18(12)23-14)19-16(26)15(25)13(31-19)9-30-10-32(27,28)29/h6-7,11,13,15-16,19,25-26H,1-5,9-10H2,(H,21,22,23)(H2,27,28,29)/t13-,15-,16-,19-/m1/s1. The van der Waals surface area contributed by atoms with Crippen molar-refractivity contribution in [1.29, 1.82) is 5.26 Å². The number of nitrogens with one attached hydrogen (secondary N) is 1. The first-order valence-corrected chi connectivity index (χ1v) is 12.3. The van der Waals surface area contributed by atoms with E-state index >= 15 is 0 Å². The molecule has 0 bridgehead atoms. The summed E-state index contributed by atoms with van der Waals surface area (Å²) in [6.45, 7) is -0.314. The highest BCUT2D eigenvalue weighted by molar-refractivity contribution is 7.51. The zero-order valence-corrected chi connectivity index (χ0v) is 18.1. The van der Waals surface area contributed by atoms with Crippen molar-refractivity contribution in [2.75, 3.05) is 18.3 Å². The molecule has 2 fully saturated rings. The molecule has 2 aromatic heterocycles. The molecule has 3 heterocycles. The monoisotopic (exact) mass is 467 g/mol. The molecule has 32 heavy (non-hydrogen) atoms. The van der Waals surface area contributed by atoms with E-state index in [1.54, 1.807) is 12.3 Å².